The number of nitrogens with zero attached hydrogens (tertiary/aromatic N) is 3. The third-order valence-electron chi connectivity index (χ3n) is 2.88. The maximum atomic E-state index is 4.20. The molecule has 3 heteroatoms. The van der Waals surface area contributed by atoms with Crippen LogP contribution in [0.5, 0.6) is 0 Å². The Morgan fingerprint density at radius 3 is 2.35 bits per heavy atom. The Morgan fingerprint density at radius 1 is 0.882 bits per heavy atom. The normalized spacial score (nSPS) is 10.9. The minimum absolute atomic E-state index is 0.927. The molecule has 3 rings (SSSR count). The van der Waals surface area contributed by atoms with Gasteiger partial charge < -0.3 is 0 Å². The monoisotopic (exact) mass is 223 g/mol. The first-order valence-electron chi connectivity index (χ1n) is 5.63. The molecule has 0 aliphatic rings. The molecule has 0 bridgehead atoms. The summed E-state index contributed by atoms with van der Waals surface area (Å²) in [6.45, 7) is 4.15. The predicted molar refractivity (Wildman–Crippen MR) is 68.3 cm³/mol. The molecule has 0 aliphatic heterocycles. The Bertz CT molecular complexity index is 666. The van der Waals surface area contributed by atoms with Gasteiger partial charge in [-0.25, -0.2) is 4.68 Å². The number of hydrogen-bond donors (Lipinski definition) is 0. The lowest BCUT2D eigenvalue weighted by Gasteiger charge is -2.02. The van der Waals surface area contributed by atoms with Crippen molar-refractivity contribution in [3.63, 3.8) is 0 Å². The Balaban J connectivity index is 2.23. The molecule has 1 aromatic heterocycles. The van der Waals surface area contributed by atoms with Crippen LogP contribution >= 0.6 is 0 Å². The molecule has 0 saturated carbocycles. The van der Waals surface area contributed by atoms with Crippen LogP contribution in [0.15, 0.2) is 42.5 Å². The highest BCUT2D eigenvalue weighted by atomic mass is 15.4. The second-order valence-corrected chi connectivity index (χ2v) is 4.33. The molecule has 0 fully saturated rings. The molecular weight excluding hydrogens is 210 g/mol. The summed E-state index contributed by atoms with van der Waals surface area (Å²) < 4.78 is 1.88. The highest BCUT2D eigenvalue weighted by molar-refractivity contribution is 5.76. The minimum atomic E-state index is 0.927. The van der Waals surface area contributed by atoms with Crippen LogP contribution in [0, 0.1) is 13.8 Å². The van der Waals surface area contributed by atoms with Crippen molar-refractivity contribution in [3.05, 3.63) is 53.6 Å². The molecule has 1 heterocycles. The van der Waals surface area contributed by atoms with Crippen LogP contribution < -0.4 is 0 Å². The van der Waals surface area contributed by atoms with Gasteiger partial charge in [-0.05, 0) is 43.7 Å². The molecule has 0 aliphatic carbocycles. The standard InChI is InChI=1S/C14H13N3/c1-10-3-6-12(7-4-10)17-14-9-11(2)5-8-13(14)15-16-17/h3-9H,1-2H3. The molecule has 2 aromatic carbocycles. The van der Waals surface area contributed by atoms with Gasteiger partial charge in [0.15, 0.2) is 0 Å². The molecule has 3 nitrogen and oxygen atoms in total. The summed E-state index contributed by atoms with van der Waals surface area (Å²) in [6.07, 6.45) is 0. The van der Waals surface area contributed by atoms with Gasteiger partial charge in [-0.15, -0.1) is 5.10 Å². The van der Waals surface area contributed by atoms with Crippen LogP contribution in [0.4, 0.5) is 0 Å². The third kappa shape index (κ3) is 1.69. The van der Waals surface area contributed by atoms with E-state index < -0.39 is 0 Å². The molecule has 0 unspecified atom stereocenters. The van der Waals surface area contributed by atoms with Crippen molar-refractivity contribution in [3.8, 4) is 5.69 Å². The van der Waals surface area contributed by atoms with Gasteiger partial charge in [0.05, 0.1) is 11.2 Å². The molecule has 0 saturated heterocycles. The maximum Gasteiger partial charge on any atom is 0.113 e. The fraction of sp³-hybridized carbons (Fsp3) is 0.143. The fourth-order valence-corrected chi connectivity index (χ4v) is 1.91. The molecule has 0 spiro atoms. The average Bonchev–Trinajstić information content (AvgIpc) is 2.73. The van der Waals surface area contributed by atoms with Crippen molar-refractivity contribution in [1.82, 2.24) is 15.0 Å². The Labute approximate surface area is 99.7 Å². The summed E-state index contributed by atoms with van der Waals surface area (Å²) in [7, 11) is 0. The van der Waals surface area contributed by atoms with Crippen molar-refractivity contribution >= 4 is 11.0 Å². The molecule has 0 amide bonds. The van der Waals surface area contributed by atoms with Crippen LogP contribution in [-0.2, 0) is 0 Å². The van der Waals surface area contributed by atoms with E-state index in [4.69, 9.17) is 0 Å². The molecular formula is C14H13N3. The minimum Gasteiger partial charge on any atom is -0.213 e. The summed E-state index contributed by atoms with van der Waals surface area (Å²) in [5.74, 6) is 0. The highest BCUT2D eigenvalue weighted by Crippen LogP contribution is 2.17. The van der Waals surface area contributed by atoms with Gasteiger partial charge in [0, 0.05) is 0 Å². The lowest BCUT2D eigenvalue weighted by Crippen LogP contribution is -1.96. The molecule has 17 heavy (non-hydrogen) atoms. The van der Waals surface area contributed by atoms with E-state index >= 15 is 0 Å². The first-order chi connectivity index (χ1) is 8.24. The lowest BCUT2D eigenvalue weighted by molar-refractivity contribution is 0.823. The first-order valence-corrected chi connectivity index (χ1v) is 5.63. The Hall–Kier alpha value is -2.16. The number of benzene rings is 2. The molecule has 0 atom stereocenters. The Kier molecular flexibility index (Phi) is 2.18. The van der Waals surface area contributed by atoms with Crippen LogP contribution in [0.2, 0.25) is 0 Å². The zero-order valence-corrected chi connectivity index (χ0v) is 9.88. The van der Waals surface area contributed by atoms with Crippen LogP contribution in [0.3, 0.4) is 0 Å². The maximum absolute atomic E-state index is 4.20. The van der Waals surface area contributed by atoms with Crippen LogP contribution in [0.1, 0.15) is 11.1 Å². The molecule has 3 aromatic rings. The largest absolute Gasteiger partial charge is 0.213 e. The second-order valence-electron chi connectivity index (χ2n) is 4.33. The summed E-state index contributed by atoms with van der Waals surface area (Å²) in [6, 6.07) is 14.4. The zero-order valence-electron chi connectivity index (χ0n) is 9.88. The van der Waals surface area contributed by atoms with E-state index in [1.165, 1.54) is 11.1 Å². The number of rotatable bonds is 1. The topological polar surface area (TPSA) is 30.7 Å². The summed E-state index contributed by atoms with van der Waals surface area (Å²) in [5.41, 5.74) is 5.48. The van der Waals surface area contributed by atoms with Gasteiger partial charge in [0.25, 0.3) is 0 Å². The predicted octanol–water partition coefficient (Wildman–Crippen LogP) is 3.04. The van der Waals surface area contributed by atoms with Gasteiger partial charge in [0.2, 0.25) is 0 Å². The Morgan fingerprint density at radius 2 is 1.59 bits per heavy atom. The average molecular weight is 223 g/mol. The summed E-state index contributed by atoms with van der Waals surface area (Å²) in [5, 5.41) is 8.37. The zero-order chi connectivity index (χ0) is 11.8. The quantitative estimate of drug-likeness (QED) is 0.634. The van der Waals surface area contributed by atoms with E-state index in [2.05, 4.69) is 60.6 Å². The van der Waals surface area contributed by atoms with Gasteiger partial charge in [-0.1, -0.05) is 29.0 Å². The summed E-state index contributed by atoms with van der Waals surface area (Å²) in [4.78, 5) is 0. The second kappa shape index (κ2) is 3.70. The summed E-state index contributed by atoms with van der Waals surface area (Å²) >= 11 is 0. The van der Waals surface area contributed by atoms with Gasteiger partial charge in [0.1, 0.15) is 5.52 Å². The van der Waals surface area contributed by atoms with E-state index in [9.17, 15) is 0 Å². The fourth-order valence-electron chi connectivity index (χ4n) is 1.91. The van der Waals surface area contributed by atoms with Crippen LogP contribution in [0.25, 0.3) is 16.7 Å². The molecule has 84 valence electrons. The SMILES string of the molecule is Cc1ccc(-n2nnc3ccc(C)cc32)cc1. The van der Waals surface area contributed by atoms with E-state index in [0.717, 1.165) is 16.7 Å². The highest BCUT2D eigenvalue weighted by Gasteiger charge is 2.05. The smallest absolute Gasteiger partial charge is 0.113 e. The van der Waals surface area contributed by atoms with Crippen molar-refractivity contribution < 1.29 is 0 Å². The first kappa shape index (κ1) is 10.0. The third-order valence-corrected chi connectivity index (χ3v) is 2.88. The molecule has 0 radical (unpaired) electrons. The number of hydrogen-bond acceptors (Lipinski definition) is 2. The van der Waals surface area contributed by atoms with Crippen molar-refractivity contribution in [1.29, 1.82) is 0 Å². The van der Waals surface area contributed by atoms with Crippen molar-refractivity contribution in [2.75, 3.05) is 0 Å². The number of aryl methyl sites for hydroxylation is 2. The van der Waals surface area contributed by atoms with Crippen molar-refractivity contribution in [2.24, 2.45) is 0 Å². The van der Waals surface area contributed by atoms with E-state index in [0.29, 0.717) is 0 Å². The lowest BCUT2D eigenvalue weighted by atomic mass is 10.2. The van der Waals surface area contributed by atoms with Crippen molar-refractivity contribution in [2.45, 2.75) is 13.8 Å². The number of fused-ring (bicyclic) bond motifs is 1. The van der Waals surface area contributed by atoms with E-state index in [1.54, 1.807) is 0 Å². The number of aromatic nitrogens is 3. The molecule has 0 N–H and O–H groups in total. The van der Waals surface area contributed by atoms with E-state index in [-0.39, 0.29) is 0 Å². The van der Waals surface area contributed by atoms with Crippen LogP contribution in [-0.4, -0.2) is 15.0 Å². The van der Waals surface area contributed by atoms with Gasteiger partial charge in [-0.2, -0.15) is 0 Å². The van der Waals surface area contributed by atoms with Gasteiger partial charge in [-0.3, -0.25) is 0 Å². The van der Waals surface area contributed by atoms with Gasteiger partial charge >= 0.3 is 0 Å². The van der Waals surface area contributed by atoms with E-state index in [1.807, 2.05) is 10.7 Å².